The van der Waals surface area contributed by atoms with Crippen molar-refractivity contribution in [1.29, 1.82) is 15.8 Å². The molecule has 0 aliphatic heterocycles. The van der Waals surface area contributed by atoms with Crippen LogP contribution in [0.25, 0.3) is 16.7 Å². The highest BCUT2D eigenvalue weighted by Crippen LogP contribution is 2.58. The second-order valence-electron chi connectivity index (χ2n) is 9.85. The molecule has 3 nitrogen and oxygen atoms in total. The summed E-state index contributed by atoms with van der Waals surface area (Å²) in [6.07, 6.45) is -12.4. The zero-order valence-electron chi connectivity index (χ0n) is 23.6. The molecule has 0 spiro atoms. The zero-order valence-corrected chi connectivity index (χ0v) is 23.6. The maximum absolute atomic E-state index is 15.0. The summed E-state index contributed by atoms with van der Waals surface area (Å²) in [5.41, 5.74) is -26.3. The molecule has 0 heterocycles. The fraction of sp³-hybridized carbons (Fsp3) is 0.100. The van der Waals surface area contributed by atoms with Crippen LogP contribution in [0, 0.1) is 111 Å². The molecule has 3 aromatic carbocycles. The fourth-order valence-electron chi connectivity index (χ4n) is 4.81. The van der Waals surface area contributed by atoms with Gasteiger partial charge >= 0.3 is 12.4 Å². The van der Waals surface area contributed by atoms with Gasteiger partial charge in [0.15, 0.2) is 69.8 Å². The summed E-state index contributed by atoms with van der Waals surface area (Å²) in [7, 11) is 0. The summed E-state index contributed by atoms with van der Waals surface area (Å²) >= 11 is 0. The highest BCUT2D eigenvalue weighted by Gasteiger charge is 2.49. The molecule has 1 fully saturated rings. The maximum atomic E-state index is 15.0. The fourth-order valence-corrected chi connectivity index (χ4v) is 4.81. The highest BCUT2D eigenvalue weighted by molar-refractivity contribution is 6.12. The van der Waals surface area contributed by atoms with Crippen LogP contribution < -0.4 is 0 Å². The molecule has 1 aliphatic rings. The summed E-state index contributed by atoms with van der Waals surface area (Å²) in [6.45, 7) is 0.438. The minimum atomic E-state index is -6.19. The lowest BCUT2D eigenvalue weighted by Crippen LogP contribution is -2.17. The first-order chi connectivity index (χ1) is 23.4. The Morgan fingerprint density at radius 3 is 0.745 bits per heavy atom. The van der Waals surface area contributed by atoms with E-state index in [1.165, 1.54) is 0 Å². The number of rotatable bonds is 3. The number of allylic oxidation sites excluding steroid dienone is 6. The predicted molar refractivity (Wildman–Crippen MR) is 131 cm³/mol. The lowest BCUT2D eigenvalue weighted by molar-refractivity contribution is -0.144. The third-order valence-corrected chi connectivity index (χ3v) is 7.10. The first-order valence-electron chi connectivity index (χ1n) is 12.6. The van der Waals surface area contributed by atoms with Crippen LogP contribution in [0.5, 0.6) is 0 Å². The Hall–Kier alpha value is -5.91. The Morgan fingerprint density at radius 2 is 0.569 bits per heavy atom. The Labute approximate surface area is 269 Å². The highest BCUT2D eigenvalue weighted by atomic mass is 19.4. The van der Waals surface area contributed by atoms with Gasteiger partial charge in [-0.25, -0.2) is 52.7 Å². The van der Waals surface area contributed by atoms with E-state index in [9.17, 15) is 77.3 Å². The van der Waals surface area contributed by atoms with E-state index in [0.29, 0.717) is 19.1 Å². The van der Waals surface area contributed by atoms with Gasteiger partial charge in [-0.15, -0.1) is 0 Å². The summed E-state index contributed by atoms with van der Waals surface area (Å²) in [6, 6.07) is 2.26. The topological polar surface area (TPSA) is 71.4 Å². The smallest absolute Gasteiger partial charge is 0.203 e. The van der Waals surface area contributed by atoms with Gasteiger partial charge in [0.05, 0.1) is 33.4 Å². The van der Waals surface area contributed by atoms with E-state index in [-0.39, 0.29) is 0 Å². The molecule has 0 saturated heterocycles. The second-order valence-corrected chi connectivity index (χ2v) is 9.85. The Balaban J connectivity index is 2.37. The predicted octanol–water partition coefficient (Wildman–Crippen LogP) is 9.95. The summed E-state index contributed by atoms with van der Waals surface area (Å²) in [5.74, 6) is -35.0. The van der Waals surface area contributed by atoms with Gasteiger partial charge in [0, 0.05) is 22.3 Å². The van der Waals surface area contributed by atoms with Gasteiger partial charge in [-0.2, -0.15) is 42.1 Å². The molecule has 0 unspecified atom stereocenters. The summed E-state index contributed by atoms with van der Waals surface area (Å²) in [4.78, 5) is 0. The first kappa shape index (κ1) is 37.9. The first-order valence-corrected chi connectivity index (χ1v) is 12.6. The van der Waals surface area contributed by atoms with Crippen LogP contribution >= 0.6 is 0 Å². The van der Waals surface area contributed by atoms with Crippen molar-refractivity contribution in [3.05, 3.63) is 120 Å². The summed E-state index contributed by atoms with van der Waals surface area (Å²) in [5, 5.41) is 29.2. The average molecular weight is 747 g/mol. The molecule has 0 bridgehead atoms. The molecule has 4 rings (SSSR count). The van der Waals surface area contributed by atoms with Crippen LogP contribution in [-0.2, 0) is 12.4 Å². The lowest BCUT2D eigenvalue weighted by Gasteiger charge is -2.14. The second kappa shape index (κ2) is 12.4. The Morgan fingerprint density at radius 1 is 0.373 bits per heavy atom. The average Bonchev–Trinajstić information content (AvgIpc) is 3.75. The van der Waals surface area contributed by atoms with Crippen molar-refractivity contribution in [3.8, 4) is 18.2 Å². The molecule has 3 aromatic rings. The van der Waals surface area contributed by atoms with Crippen LogP contribution in [0.4, 0.5) is 79.0 Å². The molecule has 1 aliphatic carbocycles. The largest absolute Gasteiger partial charge is 0.422 e. The third kappa shape index (κ3) is 5.60. The van der Waals surface area contributed by atoms with Crippen molar-refractivity contribution in [3.63, 3.8) is 0 Å². The third-order valence-electron chi connectivity index (χ3n) is 7.10. The van der Waals surface area contributed by atoms with Gasteiger partial charge < -0.3 is 0 Å². The van der Waals surface area contributed by atoms with Crippen molar-refractivity contribution in [2.45, 2.75) is 19.3 Å². The van der Waals surface area contributed by atoms with Crippen molar-refractivity contribution in [1.82, 2.24) is 0 Å². The molecule has 0 amide bonds. The standard InChI is InChI=1S/C30H3F18N3/c1-5-17(31)19(33)12(20(34)18(5)32)6(2-49)9-10(7(3-50)13-21(35)25(39)15(29(43,44)45)26(40)22(13)36)11(9)8(4-51)14-23(37)27(41)16(30(46,47)48)28(42)24(14)38/h1H3. The van der Waals surface area contributed by atoms with Crippen LogP contribution in [0.3, 0.4) is 0 Å². The minimum absolute atomic E-state index is 0.438. The molecule has 51 heavy (non-hydrogen) atoms. The van der Waals surface area contributed by atoms with Crippen molar-refractivity contribution in [2.75, 3.05) is 0 Å². The Kier molecular flexibility index (Phi) is 9.25. The number of nitrogens with zero attached hydrogens (tertiary/aromatic N) is 3. The van der Waals surface area contributed by atoms with E-state index < -0.39 is 149 Å². The zero-order chi connectivity index (χ0) is 39.0. The van der Waals surface area contributed by atoms with E-state index in [2.05, 4.69) is 0 Å². The Bertz CT molecular complexity index is 2130. The van der Waals surface area contributed by atoms with Gasteiger partial charge in [0.2, 0.25) is 0 Å². The number of hydrogen-bond acceptors (Lipinski definition) is 3. The number of hydrogen-bond donors (Lipinski definition) is 0. The van der Waals surface area contributed by atoms with Crippen LogP contribution in [-0.4, -0.2) is 0 Å². The normalized spacial score (nSPS) is 14.9. The van der Waals surface area contributed by atoms with Crippen LogP contribution in [0.15, 0.2) is 16.7 Å². The monoisotopic (exact) mass is 747 g/mol. The minimum Gasteiger partial charge on any atom is -0.203 e. The van der Waals surface area contributed by atoms with Gasteiger partial charge in [0.1, 0.15) is 29.3 Å². The van der Waals surface area contributed by atoms with Crippen molar-refractivity contribution >= 4 is 16.7 Å². The maximum Gasteiger partial charge on any atom is 0.422 e. The van der Waals surface area contributed by atoms with Crippen molar-refractivity contribution in [2.24, 2.45) is 0 Å². The van der Waals surface area contributed by atoms with E-state index in [1.54, 1.807) is 0 Å². The SMILES string of the molecule is Cc1c(F)c(F)c(C(C#N)=C2C(=C(C#N)c3c(F)c(F)c(C(F)(F)F)c(F)c3F)C2=C(C#N)c2c(F)c(F)c(C(F)(F)F)c(F)c2F)c(F)c1F. The molecule has 0 aromatic heterocycles. The van der Waals surface area contributed by atoms with E-state index >= 15 is 17.6 Å². The molecule has 0 N–H and O–H groups in total. The van der Waals surface area contributed by atoms with Gasteiger partial charge in [-0.3, -0.25) is 0 Å². The van der Waals surface area contributed by atoms with Crippen LogP contribution in [0.1, 0.15) is 33.4 Å². The summed E-state index contributed by atoms with van der Waals surface area (Å²) < 4.78 is 256. The lowest BCUT2D eigenvalue weighted by atomic mass is 9.98. The molecule has 0 atom stereocenters. The van der Waals surface area contributed by atoms with Gasteiger partial charge in [-0.05, 0) is 6.92 Å². The number of benzene rings is 3. The molecule has 21 heteroatoms. The van der Waals surface area contributed by atoms with Gasteiger partial charge in [0.25, 0.3) is 0 Å². The number of nitriles is 3. The molecular formula is C30H3F18N3. The molecule has 264 valence electrons. The van der Waals surface area contributed by atoms with E-state index in [1.807, 2.05) is 0 Å². The van der Waals surface area contributed by atoms with Crippen LogP contribution in [0.2, 0.25) is 0 Å². The van der Waals surface area contributed by atoms with E-state index in [0.717, 1.165) is 6.07 Å². The number of alkyl halides is 6. The van der Waals surface area contributed by atoms with Crippen molar-refractivity contribution < 1.29 is 79.0 Å². The molecule has 0 radical (unpaired) electrons. The van der Waals surface area contributed by atoms with Gasteiger partial charge in [-0.1, -0.05) is 0 Å². The number of halogens is 18. The molecule has 1 saturated carbocycles. The molecular weight excluding hydrogens is 744 g/mol. The quantitative estimate of drug-likeness (QED) is 0.152. The van der Waals surface area contributed by atoms with E-state index in [4.69, 9.17) is 0 Å².